The van der Waals surface area contributed by atoms with Crippen LogP contribution < -0.4 is 15.4 Å². The summed E-state index contributed by atoms with van der Waals surface area (Å²) in [5, 5.41) is 0. The van der Waals surface area contributed by atoms with Gasteiger partial charge >= 0.3 is 0 Å². The van der Waals surface area contributed by atoms with E-state index in [9.17, 15) is 4.79 Å². The molecule has 0 bridgehead atoms. The minimum atomic E-state index is -0.229. The van der Waals surface area contributed by atoms with Crippen LogP contribution in [0.2, 0.25) is 0 Å². The zero-order valence-electron chi connectivity index (χ0n) is 11.3. The number of para-hydroxylation sites is 2. The van der Waals surface area contributed by atoms with Crippen LogP contribution >= 0.6 is 0 Å². The molecule has 104 valence electrons. The Morgan fingerprint density at radius 3 is 2.58 bits per heavy atom. The molecule has 1 heterocycles. The van der Waals surface area contributed by atoms with Gasteiger partial charge in [-0.2, -0.15) is 0 Å². The molecule has 1 aliphatic rings. The molecule has 2 rings (SSSR count). The van der Waals surface area contributed by atoms with Crippen LogP contribution in [-0.2, 0) is 4.79 Å². The maximum Gasteiger partial charge on any atom is 0.218 e. The SMILES string of the molecule is COc1ccccc1N1CCN(CCC(N)=O)CC1. The largest absolute Gasteiger partial charge is 0.495 e. The van der Waals surface area contributed by atoms with Gasteiger partial charge in [0.15, 0.2) is 0 Å². The summed E-state index contributed by atoms with van der Waals surface area (Å²) in [6, 6.07) is 8.06. The van der Waals surface area contributed by atoms with Crippen LogP contribution in [0.4, 0.5) is 5.69 Å². The topological polar surface area (TPSA) is 58.8 Å². The minimum Gasteiger partial charge on any atom is -0.495 e. The average molecular weight is 263 g/mol. The molecule has 1 aromatic rings. The molecule has 0 unspecified atom stereocenters. The third-order valence-electron chi connectivity index (χ3n) is 3.47. The Labute approximate surface area is 113 Å². The summed E-state index contributed by atoms with van der Waals surface area (Å²) in [7, 11) is 1.70. The Bertz CT molecular complexity index is 428. The molecule has 5 nitrogen and oxygen atoms in total. The van der Waals surface area contributed by atoms with Gasteiger partial charge in [-0.25, -0.2) is 0 Å². The summed E-state index contributed by atoms with van der Waals surface area (Å²) in [5.74, 6) is 0.681. The first kappa shape index (κ1) is 13.7. The van der Waals surface area contributed by atoms with Gasteiger partial charge in [-0.15, -0.1) is 0 Å². The van der Waals surface area contributed by atoms with Crippen molar-refractivity contribution >= 4 is 11.6 Å². The fourth-order valence-electron chi connectivity index (χ4n) is 2.37. The number of rotatable bonds is 5. The number of ether oxygens (including phenoxy) is 1. The molecule has 0 radical (unpaired) electrons. The van der Waals surface area contributed by atoms with Gasteiger partial charge < -0.3 is 15.4 Å². The zero-order valence-corrected chi connectivity index (χ0v) is 11.3. The molecule has 1 aliphatic heterocycles. The van der Waals surface area contributed by atoms with Gasteiger partial charge in [-0.1, -0.05) is 12.1 Å². The lowest BCUT2D eigenvalue weighted by Crippen LogP contribution is -2.47. The molecule has 1 aromatic carbocycles. The molecule has 5 heteroatoms. The second-order valence-corrected chi connectivity index (χ2v) is 4.72. The highest BCUT2D eigenvalue weighted by molar-refractivity contribution is 5.73. The monoisotopic (exact) mass is 263 g/mol. The van der Waals surface area contributed by atoms with Crippen LogP contribution in [0.15, 0.2) is 24.3 Å². The molecule has 0 spiro atoms. The van der Waals surface area contributed by atoms with Crippen molar-refractivity contribution in [2.75, 3.05) is 44.7 Å². The van der Waals surface area contributed by atoms with Gasteiger partial charge in [-0.05, 0) is 12.1 Å². The van der Waals surface area contributed by atoms with E-state index in [1.807, 2.05) is 18.2 Å². The van der Waals surface area contributed by atoms with Crippen molar-refractivity contribution in [2.45, 2.75) is 6.42 Å². The van der Waals surface area contributed by atoms with E-state index in [-0.39, 0.29) is 5.91 Å². The van der Waals surface area contributed by atoms with Crippen molar-refractivity contribution in [3.63, 3.8) is 0 Å². The number of amides is 1. The third-order valence-corrected chi connectivity index (χ3v) is 3.47. The van der Waals surface area contributed by atoms with Crippen LogP contribution in [-0.4, -0.2) is 50.6 Å². The normalized spacial score (nSPS) is 16.4. The minimum absolute atomic E-state index is 0.229. The molecular weight excluding hydrogens is 242 g/mol. The Balaban J connectivity index is 1.90. The lowest BCUT2D eigenvalue weighted by Gasteiger charge is -2.36. The lowest BCUT2D eigenvalue weighted by atomic mass is 10.2. The number of anilines is 1. The molecule has 2 N–H and O–H groups in total. The predicted molar refractivity (Wildman–Crippen MR) is 75.5 cm³/mol. The smallest absolute Gasteiger partial charge is 0.218 e. The van der Waals surface area contributed by atoms with Crippen LogP contribution in [0.3, 0.4) is 0 Å². The van der Waals surface area contributed by atoms with E-state index in [2.05, 4.69) is 15.9 Å². The molecule has 1 saturated heterocycles. The van der Waals surface area contributed by atoms with Crippen LogP contribution in [0.1, 0.15) is 6.42 Å². The van der Waals surface area contributed by atoms with Crippen molar-refractivity contribution < 1.29 is 9.53 Å². The number of hydrogen-bond donors (Lipinski definition) is 1. The third kappa shape index (κ3) is 3.61. The Kier molecular flexibility index (Phi) is 4.63. The summed E-state index contributed by atoms with van der Waals surface area (Å²) >= 11 is 0. The van der Waals surface area contributed by atoms with Crippen molar-refractivity contribution in [1.82, 2.24) is 4.90 Å². The number of nitrogens with zero attached hydrogens (tertiary/aromatic N) is 2. The summed E-state index contributed by atoms with van der Waals surface area (Å²) < 4.78 is 5.39. The molecule has 0 atom stereocenters. The Hall–Kier alpha value is -1.75. The molecule has 19 heavy (non-hydrogen) atoms. The molecule has 0 aliphatic carbocycles. The van der Waals surface area contributed by atoms with Crippen LogP contribution in [0.5, 0.6) is 5.75 Å². The van der Waals surface area contributed by atoms with E-state index in [1.54, 1.807) is 7.11 Å². The van der Waals surface area contributed by atoms with Gasteiger partial charge in [0.25, 0.3) is 0 Å². The maximum absolute atomic E-state index is 10.8. The van der Waals surface area contributed by atoms with Gasteiger partial charge in [0.1, 0.15) is 5.75 Å². The Morgan fingerprint density at radius 1 is 1.26 bits per heavy atom. The number of piperazine rings is 1. The molecule has 1 amide bonds. The number of carbonyl (C=O) groups excluding carboxylic acids is 1. The highest BCUT2D eigenvalue weighted by Gasteiger charge is 2.19. The number of primary amides is 1. The number of hydrogen-bond acceptors (Lipinski definition) is 4. The van der Waals surface area contributed by atoms with Gasteiger partial charge in [-0.3, -0.25) is 9.69 Å². The van der Waals surface area contributed by atoms with Gasteiger partial charge in [0.05, 0.1) is 12.8 Å². The summed E-state index contributed by atoms with van der Waals surface area (Å²) in [4.78, 5) is 15.4. The number of methoxy groups -OCH3 is 1. The van der Waals surface area contributed by atoms with Gasteiger partial charge in [0.2, 0.25) is 5.91 Å². The van der Waals surface area contributed by atoms with Crippen molar-refractivity contribution in [3.05, 3.63) is 24.3 Å². The highest BCUT2D eigenvalue weighted by Crippen LogP contribution is 2.28. The molecule has 0 aromatic heterocycles. The molecular formula is C14H21N3O2. The number of nitrogens with two attached hydrogens (primary N) is 1. The van der Waals surface area contributed by atoms with E-state index < -0.39 is 0 Å². The zero-order chi connectivity index (χ0) is 13.7. The first-order chi connectivity index (χ1) is 9.20. The molecule has 0 saturated carbocycles. The quantitative estimate of drug-likeness (QED) is 0.849. The first-order valence-electron chi connectivity index (χ1n) is 6.59. The van der Waals surface area contributed by atoms with E-state index in [1.165, 1.54) is 0 Å². The fraction of sp³-hybridized carbons (Fsp3) is 0.500. The standard InChI is InChI=1S/C14H21N3O2/c1-19-13-5-3-2-4-12(13)17-10-8-16(9-11-17)7-6-14(15)18/h2-5H,6-11H2,1H3,(H2,15,18). The van der Waals surface area contributed by atoms with Crippen molar-refractivity contribution in [3.8, 4) is 5.75 Å². The summed E-state index contributed by atoms with van der Waals surface area (Å²) in [5.41, 5.74) is 6.31. The van der Waals surface area contributed by atoms with E-state index in [4.69, 9.17) is 10.5 Å². The second kappa shape index (κ2) is 6.43. The highest BCUT2D eigenvalue weighted by atomic mass is 16.5. The maximum atomic E-state index is 10.8. The van der Waals surface area contributed by atoms with Crippen molar-refractivity contribution in [1.29, 1.82) is 0 Å². The Morgan fingerprint density at radius 2 is 1.95 bits per heavy atom. The summed E-state index contributed by atoms with van der Waals surface area (Å²) in [6.07, 6.45) is 0.439. The van der Waals surface area contributed by atoms with Gasteiger partial charge in [0, 0.05) is 39.1 Å². The average Bonchev–Trinajstić information content (AvgIpc) is 2.45. The lowest BCUT2D eigenvalue weighted by molar-refractivity contribution is -0.118. The van der Waals surface area contributed by atoms with E-state index in [0.29, 0.717) is 6.42 Å². The fourth-order valence-corrected chi connectivity index (χ4v) is 2.37. The predicted octanol–water partition coefficient (Wildman–Crippen LogP) is 0.693. The summed E-state index contributed by atoms with van der Waals surface area (Å²) in [6.45, 7) is 4.55. The van der Waals surface area contributed by atoms with Crippen molar-refractivity contribution in [2.24, 2.45) is 5.73 Å². The number of carbonyl (C=O) groups is 1. The first-order valence-corrected chi connectivity index (χ1v) is 6.59. The molecule has 1 fully saturated rings. The van der Waals surface area contributed by atoms with Crippen LogP contribution in [0.25, 0.3) is 0 Å². The van der Waals surface area contributed by atoms with Crippen LogP contribution in [0, 0.1) is 0 Å². The second-order valence-electron chi connectivity index (χ2n) is 4.72. The number of benzene rings is 1. The van der Waals surface area contributed by atoms with E-state index >= 15 is 0 Å². The van der Waals surface area contributed by atoms with E-state index in [0.717, 1.165) is 44.2 Å².